The highest BCUT2D eigenvalue weighted by molar-refractivity contribution is 5.76. The van der Waals surface area contributed by atoms with Gasteiger partial charge in [-0.15, -0.1) is 0 Å². The molecule has 7 unspecified atom stereocenters. The van der Waals surface area contributed by atoms with Crippen LogP contribution >= 0.6 is 0 Å². The zero-order valence-corrected chi connectivity index (χ0v) is 43.4. The van der Waals surface area contributed by atoms with Crippen molar-refractivity contribution in [2.75, 3.05) is 13.2 Å². The van der Waals surface area contributed by atoms with Crippen LogP contribution in [0.4, 0.5) is 0 Å². The zero-order valence-electron chi connectivity index (χ0n) is 43.4. The average molecular weight is 946 g/mol. The van der Waals surface area contributed by atoms with E-state index in [4.69, 9.17) is 9.47 Å². The minimum atomic E-state index is -1.58. The van der Waals surface area contributed by atoms with Crippen molar-refractivity contribution >= 4 is 5.91 Å². The molecule has 0 aromatic carbocycles. The smallest absolute Gasteiger partial charge is 0.220 e. The zero-order chi connectivity index (χ0) is 48.7. The van der Waals surface area contributed by atoms with Gasteiger partial charge in [-0.05, 0) is 70.6 Å². The number of ether oxygens (including phenoxy) is 2. The molecule has 7 atom stereocenters. The number of carbonyl (C=O) groups excluding carboxylic acids is 1. The molecule has 1 fully saturated rings. The molecule has 1 aliphatic heterocycles. The van der Waals surface area contributed by atoms with Gasteiger partial charge in [0.1, 0.15) is 24.4 Å². The van der Waals surface area contributed by atoms with E-state index in [-0.39, 0.29) is 12.5 Å². The number of aliphatic hydroxyl groups excluding tert-OH is 5. The molecular weight excluding hydrogens is 839 g/mol. The van der Waals surface area contributed by atoms with E-state index in [1.165, 1.54) is 180 Å². The van der Waals surface area contributed by atoms with Crippen LogP contribution in [0.2, 0.25) is 0 Å². The van der Waals surface area contributed by atoms with Crippen LogP contribution in [0, 0.1) is 0 Å². The van der Waals surface area contributed by atoms with E-state index in [0.717, 1.165) is 57.8 Å². The van der Waals surface area contributed by atoms with Gasteiger partial charge in [0, 0.05) is 6.42 Å². The van der Waals surface area contributed by atoms with Crippen molar-refractivity contribution < 1.29 is 39.8 Å². The molecule has 0 radical (unpaired) electrons. The molecule has 0 aromatic heterocycles. The van der Waals surface area contributed by atoms with E-state index in [1.807, 2.05) is 6.08 Å². The fourth-order valence-corrected chi connectivity index (χ4v) is 8.83. The van der Waals surface area contributed by atoms with Crippen molar-refractivity contribution in [3.05, 3.63) is 48.6 Å². The van der Waals surface area contributed by atoms with Crippen LogP contribution in [-0.2, 0) is 14.3 Å². The van der Waals surface area contributed by atoms with Crippen LogP contribution < -0.4 is 5.32 Å². The van der Waals surface area contributed by atoms with Gasteiger partial charge in [-0.1, -0.05) is 229 Å². The summed E-state index contributed by atoms with van der Waals surface area (Å²) >= 11 is 0. The van der Waals surface area contributed by atoms with Crippen molar-refractivity contribution in [1.29, 1.82) is 0 Å². The third-order valence-corrected chi connectivity index (χ3v) is 13.4. The Morgan fingerprint density at radius 1 is 0.493 bits per heavy atom. The average Bonchev–Trinajstić information content (AvgIpc) is 3.33. The van der Waals surface area contributed by atoms with E-state index in [2.05, 4.69) is 55.6 Å². The first kappa shape index (κ1) is 63.2. The second-order valence-electron chi connectivity index (χ2n) is 19.7. The normalized spacial score (nSPS) is 20.0. The molecule has 0 aromatic rings. The maximum atomic E-state index is 13.0. The minimum absolute atomic E-state index is 0.194. The van der Waals surface area contributed by atoms with Crippen molar-refractivity contribution in [2.24, 2.45) is 0 Å². The fraction of sp³-hybridized carbons (Fsp3) is 0.845. The van der Waals surface area contributed by atoms with Crippen LogP contribution in [-0.4, -0.2) is 87.5 Å². The summed E-state index contributed by atoms with van der Waals surface area (Å²) in [5.41, 5.74) is 0. The lowest BCUT2D eigenvalue weighted by Crippen LogP contribution is -2.60. The number of unbranched alkanes of at least 4 members (excludes halogenated alkanes) is 32. The second kappa shape index (κ2) is 47.8. The Kier molecular flexibility index (Phi) is 45.1. The highest BCUT2D eigenvalue weighted by atomic mass is 16.7. The first-order chi connectivity index (χ1) is 32.8. The summed E-state index contributed by atoms with van der Waals surface area (Å²) < 4.78 is 11.2. The van der Waals surface area contributed by atoms with Gasteiger partial charge in [0.2, 0.25) is 5.91 Å². The quantitative estimate of drug-likeness (QED) is 0.0261. The number of allylic oxidation sites excluding steroid dienone is 7. The third-order valence-electron chi connectivity index (χ3n) is 13.4. The maximum Gasteiger partial charge on any atom is 0.220 e. The highest BCUT2D eigenvalue weighted by Gasteiger charge is 2.44. The lowest BCUT2D eigenvalue weighted by molar-refractivity contribution is -0.302. The van der Waals surface area contributed by atoms with Gasteiger partial charge < -0.3 is 40.3 Å². The molecule has 0 saturated carbocycles. The number of rotatable bonds is 48. The Hall–Kier alpha value is -1.85. The molecule has 9 nitrogen and oxygen atoms in total. The van der Waals surface area contributed by atoms with Crippen molar-refractivity contribution in [3.8, 4) is 0 Å². The number of hydrogen-bond acceptors (Lipinski definition) is 8. The van der Waals surface area contributed by atoms with Crippen LogP contribution in [0.1, 0.15) is 258 Å². The molecule has 9 heteroatoms. The molecule has 1 heterocycles. The van der Waals surface area contributed by atoms with Gasteiger partial charge >= 0.3 is 0 Å². The number of carbonyl (C=O) groups is 1. The van der Waals surface area contributed by atoms with Crippen molar-refractivity contribution in [1.82, 2.24) is 5.32 Å². The number of hydrogen-bond donors (Lipinski definition) is 6. The van der Waals surface area contributed by atoms with Crippen LogP contribution in [0.15, 0.2) is 48.6 Å². The number of nitrogens with one attached hydrogen (secondary N) is 1. The fourth-order valence-electron chi connectivity index (χ4n) is 8.83. The Morgan fingerprint density at radius 2 is 0.851 bits per heavy atom. The molecule has 1 amide bonds. The second-order valence-corrected chi connectivity index (χ2v) is 19.7. The van der Waals surface area contributed by atoms with Crippen LogP contribution in [0.3, 0.4) is 0 Å². The SMILES string of the molecule is CCCCCCCCCCCC/C=C\CCCCCCCCCC(=O)NC(COC1OC(CO)C(O)C(O)C1O)C(O)/C=C/CC/C=C/CC/C=C/CCCCCCCCCCCCCCC. The number of aliphatic hydroxyl groups is 5. The largest absolute Gasteiger partial charge is 0.394 e. The number of amides is 1. The maximum absolute atomic E-state index is 13.0. The van der Waals surface area contributed by atoms with Crippen molar-refractivity contribution in [2.45, 2.75) is 301 Å². The summed E-state index contributed by atoms with van der Waals surface area (Å²) in [6.45, 7) is 3.78. The van der Waals surface area contributed by atoms with Gasteiger partial charge in [-0.3, -0.25) is 4.79 Å². The van der Waals surface area contributed by atoms with Gasteiger partial charge in [0.15, 0.2) is 6.29 Å². The molecule has 0 spiro atoms. The van der Waals surface area contributed by atoms with Gasteiger partial charge in [-0.2, -0.15) is 0 Å². The molecule has 1 aliphatic rings. The molecule has 0 aliphatic carbocycles. The summed E-state index contributed by atoms with van der Waals surface area (Å²) in [5, 5.41) is 54.4. The first-order valence-corrected chi connectivity index (χ1v) is 28.4. The Labute approximate surface area is 412 Å². The highest BCUT2D eigenvalue weighted by Crippen LogP contribution is 2.23. The van der Waals surface area contributed by atoms with Crippen LogP contribution in [0.25, 0.3) is 0 Å². The Balaban J connectivity index is 2.29. The third kappa shape index (κ3) is 37.6. The van der Waals surface area contributed by atoms with E-state index in [0.29, 0.717) is 6.42 Å². The summed E-state index contributed by atoms with van der Waals surface area (Å²) in [7, 11) is 0. The summed E-state index contributed by atoms with van der Waals surface area (Å²) in [5.74, 6) is -0.194. The Bertz CT molecular complexity index is 1190. The molecule has 1 saturated heterocycles. The van der Waals surface area contributed by atoms with Gasteiger partial charge in [-0.25, -0.2) is 0 Å². The van der Waals surface area contributed by atoms with E-state index >= 15 is 0 Å². The molecular formula is C58H107NO8. The summed E-state index contributed by atoms with van der Waals surface area (Å²) in [6, 6.07) is -0.831. The van der Waals surface area contributed by atoms with E-state index < -0.39 is 49.5 Å². The molecule has 0 bridgehead atoms. The van der Waals surface area contributed by atoms with Gasteiger partial charge in [0.25, 0.3) is 0 Å². The molecule has 392 valence electrons. The standard InChI is InChI=1S/C58H107NO8/c1-3-5-7-9-11-13-15-17-19-21-23-25-26-28-29-31-33-35-37-39-41-43-45-47-52(61)51(50-66-58-57(65)56(64)55(63)53(49-60)67-58)59-54(62)48-46-44-42-40-38-36-34-32-30-27-24-22-20-18-16-14-12-10-8-6-4-2/h27,29-31,37,39,45,47,51-53,55-58,60-61,63-65H,3-26,28,32-36,38,40-44,46,48-50H2,1-2H3,(H,59,62)/b30-27-,31-29+,39-37+,47-45+. The lowest BCUT2D eigenvalue weighted by atomic mass is 9.99. The van der Waals surface area contributed by atoms with E-state index in [9.17, 15) is 30.3 Å². The molecule has 1 rings (SSSR count). The van der Waals surface area contributed by atoms with Crippen molar-refractivity contribution in [3.63, 3.8) is 0 Å². The first-order valence-electron chi connectivity index (χ1n) is 28.4. The molecule has 67 heavy (non-hydrogen) atoms. The minimum Gasteiger partial charge on any atom is -0.394 e. The predicted molar refractivity (Wildman–Crippen MR) is 281 cm³/mol. The predicted octanol–water partition coefficient (Wildman–Crippen LogP) is 13.7. The monoisotopic (exact) mass is 946 g/mol. The topological polar surface area (TPSA) is 149 Å². The van der Waals surface area contributed by atoms with Gasteiger partial charge in [0.05, 0.1) is 25.4 Å². The lowest BCUT2D eigenvalue weighted by Gasteiger charge is -2.40. The Morgan fingerprint density at radius 3 is 1.25 bits per heavy atom. The summed E-state index contributed by atoms with van der Waals surface area (Å²) in [6.07, 6.45) is 56.0. The van der Waals surface area contributed by atoms with Crippen LogP contribution in [0.5, 0.6) is 0 Å². The van der Waals surface area contributed by atoms with E-state index in [1.54, 1.807) is 6.08 Å². The molecule has 6 N–H and O–H groups in total. The summed E-state index contributed by atoms with van der Waals surface area (Å²) in [4.78, 5) is 13.0.